The molecule has 1 aromatic carbocycles. The van der Waals surface area contributed by atoms with Crippen LogP contribution in [0.1, 0.15) is 12.5 Å². The molecule has 88 valence electrons. The van der Waals surface area contributed by atoms with Crippen LogP contribution < -0.4 is 5.32 Å². The molecule has 0 aromatic heterocycles. The molecule has 0 spiro atoms. The summed E-state index contributed by atoms with van der Waals surface area (Å²) in [5.41, 5.74) is 1.42. The Morgan fingerprint density at radius 2 is 2.12 bits per heavy atom. The number of benzene rings is 1. The van der Waals surface area contributed by atoms with Crippen LogP contribution in [-0.4, -0.2) is 36.8 Å². The van der Waals surface area contributed by atoms with Crippen molar-refractivity contribution in [1.82, 2.24) is 10.2 Å². The second-order valence-corrected chi connectivity index (χ2v) is 5.32. The summed E-state index contributed by atoms with van der Waals surface area (Å²) < 4.78 is 0. The predicted molar refractivity (Wildman–Crippen MR) is 71.0 cm³/mol. The molecule has 0 radical (unpaired) electrons. The van der Waals surface area contributed by atoms with Gasteiger partial charge >= 0.3 is 0 Å². The van der Waals surface area contributed by atoms with Crippen LogP contribution in [0.15, 0.2) is 29.2 Å². The van der Waals surface area contributed by atoms with E-state index in [0.717, 1.165) is 26.2 Å². The third-order valence-corrected chi connectivity index (χ3v) is 3.76. The van der Waals surface area contributed by atoms with E-state index in [0.29, 0.717) is 6.04 Å². The fourth-order valence-corrected chi connectivity index (χ4v) is 2.55. The molecule has 0 bridgehead atoms. The Balaban J connectivity index is 1.92. The molecule has 2 nitrogen and oxygen atoms in total. The van der Waals surface area contributed by atoms with Crippen LogP contribution in [0.25, 0.3) is 0 Å². The minimum Gasteiger partial charge on any atom is -0.312 e. The summed E-state index contributed by atoms with van der Waals surface area (Å²) in [7, 11) is 0. The molecule has 1 saturated heterocycles. The smallest absolute Gasteiger partial charge is 0.0234 e. The lowest BCUT2D eigenvalue weighted by atomic mass is 10.1. The molecule has 16 heavy (non-hydrogen) atoms. The minimum atomic E-state index is 0.624. The summed E-state index contributed by atoms with van der Waals surface area (Å²) in [6.45, 7) is 6.77. The number of rotatable bonds is 3. The SMILES string of the molecule is CSc1ccc(CN2CCNC(C)C2)cc1. The first kappa shape index (κ1) is 12.0. The normalized spacial score (nSPS) is 22.2. The van der Waals surface area contributed by atoms with Gasteiger partial charge in [0.05, 0.1) is 0 Å². The largest absolute Gasteiger partial charge is 0.312 e. The molecule has 1 unspecified atom stereocenters. The maximum atomic E-state index is 3.47. The lowest BCUT2D eigenvalue weighted by Crippen LogP contribution is -2.48. The second-order valence-electron chi connectivity index (χ2n) is 4.44. The second kappa shape index (κ2) is 5.71. The van der Waals surface area contributed by atoms with Crippen LogP contribution in [0.4, 0.5) is 0 Å². The lowest BCUT2D eigenvalue weighted by Gasteiger charge is -2.31. The van der Waals surface area contributed by atoms with Crippen LogP contribution in [0, 0.1) is 0 Å². The molecule has 0 saturated carbocycles. The standard InChI is InChI=1S/C13H20N2S/c1-11-9-15(8-7-14-11)10-12-3-5-13(16-2)6-4-12/h3-6,11,14H,7-10H2,1-2H3. The van der Waals surface area contributed by atoms with Gasteiger partial charge in [-0.25, -0.2) is 0 Å². The topological polar surface area (TPSA) is 15.3 Å². The number of piperazine rings is 1. The summed E-state index contributed by atoms with van der Waals surface area (Å²) in [6.07, 6.45) is 2.12. The summed E-state index contributed by atoms with van der Waals surface area (Å²) in [4.78, 5) is 3.87. The average molecular weight is 236 g/mol. The van der Waals surface area contributed by atoms with Gasteiger partial charge in [0, 0.05) is 37.1 Å². The summed E-state index contributed by atoms with van der Waals surface area (Å²) in [6, 6.07) is 9.55. The number of nitrogens with one attached hydrogen (secondary N) is 1. The van der Waals surface area contributed by atoms with Gasteiger partial charge in [0.1, 0.15) is 0 Å². The van der Waals surface area contributed by atoms with Crippen LogP contribution in [0.2, 0.25) is 0 Å². The fraction of sp³-hybridized carbons (Fsp3) is 0.538. The Labute approximate surface area is 102 Å². The van der Waals surface area contributed by atoms with Crippen LogP contribution in [0.3, 0.4) is 0 Å². The van der Waals surface area contributed by atoms with Crippen molar-refractivity contribution in [1.29, 1.82) is 0 Å². The number of hydrogen-bond donors (Lipinski definition) is 1. The molecule has 2 rings (SSSR count). The quantitative estimate of drug-likeness (QED) is 0.810. The van der Waals surface area contributed by atoms with E-state index >= 15 is 0 Å². The first-order valence-electron chi connectivity index (χ1n) is 5.86. The zero-order valence-corrected chi connectivity index (χ0v) is 10.9. The first-order valence-corrected chi connectivity index (χ1v) is 7.09. The summed E-state index contributed by atoms with van der Waals surface area (Å²) >= 11 is 1.80. The Hall–Kier alpha value is -0.510. The van der Waals surface area contributed by atoms with Crippen molar-refractivity contribution < 1.29 is 0 Å². The van der Waals surface area contributed by atoms with E-state index in [1.807, 2.05) is 0 Å². The van der Waals surface area contributed by atoms with E-state index in [2.05, 4.69) is 47.7 Å². The lowest BCUT2D eigenvalue weighted by molar-refractivity contribution is 0.199. The van der Waals surface area contributed by atoms with E-state index in [1.165, 1.54) is 10.5 Å². The fourth-order valence-electron chi connectivity index (χ4n) is 2.14. The van der Waals surface area contributed by atoms with E-state index in [4.69, 9.17) is 0 Å². The van der Waals surface area contributed by atoms with Gasteiger partial charge in [-0.3, -0.25) is 4.90 Å². The van der Waals surface area contributed by atoms with Crippen LogP contribution in [-0.2, 0) is 6.54 Å². The maximum absolute atomic E-state index is 3.47. The van der Waals surface area contributed by atoms with E-state index < -0.39 is 0 Å². The Morgan fingerprint density at radius 1 is 1.38 bits per heavy atom. The van der Waals surface area contributed by atoms with Crippen molar-refractivity contribution >= 4 is 11.8 Å². The molecule has 1 aliphatic rings. The van der Waals surface area contributed by atoms with Crippen LogP contribution >= 0.6 is 11.8 Å². The monoisotopic (exact) mass is 236 g/mol. The van der Waals surface area contributed by atoms with E-state index in [1.54, 1.807) is 11.8 Å². The van der Waals surface area contributed by atoms with Gasteiger partial charge in [-0.15, -0.1) is 11.8 Å². The highest BCUT2D eigenvalue weighted by atomic mass is 32.2. The van der Waals surface area contributed by atoms with Crippen molar-refractivity contribution in [2.45, 2.75) is 24.4 Å². The number of thioether (sulfide) groups is 1. The Bertz CT molecular complexity index is 323. The Morgan fingerprint density at radius 3 is 2.75 bits per heavy atom. The molecule has 3 heteroatoms. The van der Waals surface area contributed by atoms with Gasteiger partial charge < -0.3 is 5.32 Å². The average Bonchev–Trinajstić information content (AvgIpc) is 2.30. The van der Waals surface area contributed by atoms with Crippen molar-refractivity contribution in [3.8, 4) is 0 Å². The molecule has 0 amide bonds. The molecule has 1 heterocycles. The maximum Gasteiger partial charge on any atom is 0.0234 e. The van der Waals surface area contributed by atoms with Gasteiger partial charge in [0.15, 0.2) is 0 Å². The molecular weight excluding hydrogens is 216 g/mol. The summed E-state index contributed by atoms with van der Waals surface area (Å²) in [5.74, 6) is 0. The predicted octanol–water partition coefficient (Wildman–Crippen LogP) is 2.20. The highest BCUT2D eigenvalue weighted by Gasteiger charge is 2.15. The third kappa shape index (κ3) is 3.24. The van der Waals surface area contributed by atoms with E-state index in [9.17, 15) is 0 Å². The van der Waals surface area contributed by atoms with Gasteiger partial charge in [0.2, 0.25) is 0 Å². The molecule has 0 aliphatic carbocycles. The number of nitrogens with zero attached hydrogens (tertiary/aromatic N) is 1. The highest BCUT2D eigenvalue weighted by molar-refractivity contribution is 7.98. The van der Waals surface area contributed by atoms with Crippen molar-refractivity contribution in [3.63, 3.8) is 0 Å². The zero-order chi connectivity index (χ0) is 11.4. The van der Waals surface area contributed by atoms with Crippen molar-refractivity contribution in [3.05, 3.63) is 29.8 Å². The summed E-state index contributed by atoms with van der Waals surface area (Å²) in [5, 5.41) is 3.47. The minimum absolute atomic E-state index is 0.624. The molecule has 1 fully saturated rings. The van der Waals surface area contributed by atoms with Crippen molar-refractivity contribution in [2.24, 2.45) is 0 Å². The molecular formula is C13H20N2S. The molecule has 1 aromatic rings. The molecule has 1 aliphatic heterocycles. The van der Waals surface area contributed by atoms with Crippen LogP contribution in [0.5, 0.6) is 0 Å². The highest BCUT2D eigenvalue weighted by Crippen LogP contribution is 2.16. The Kier molecular flexibility index (Phi) is 4.27. The number of hydrogen-bond acceptors (Lipinski definition) is 3. The van der Waals surface area contributed by atoms with Gasteiger partial charge in [-0.2, -0.15) is 0 Å². The zero-order valence-electron chi connectivity index (χ0n) is 10.1. The third-order valence-electron chi connectivity index (χ3n) is 3.02. The van der Waals surface area contributed by atoms with Gasteiger partial charge in [-0.1, -0.05) is 12.1 Å². The first-order chi connectivity index (χ1) is 7.78. The van der Waals surface area contributed by atoms with E-state index in [-0.39, 0.29) is 0 Å². The van der Waals surface area contributed by atoms with Crippen molar-refractivity contribution in [2.75, 3.05) is 25.9 Å². The molecule has 1 N–H and O–H groups in total. The van der Waals surface area contributed by atoms with Gasteiger partial charge in [-0.05, 0) is 30.9 Å². The molecule has 1 atom stereocenters. The van der Waals surface area contributed by atoms with Gasteiger partial charge in [0.25, 0.3) is 0 Å².